The van der Waals surface area contributed by atoms with Crippen molar-refractivity contribution in [2.24, 2.45) is 0 Å². The Morgan fingerprint density at radius 1 is 1.32 bits per heavy atom. The third-order valence-corrected chi connectivity index (χ3v) is 4.04. The number of carbonyl (C=O) groups is 2. The highest BCUT2D eigenvalue weighted by Gasteiger charge is 2.23. The van der Waals surface area contributed by atoms with E-state index in [2.05, 4.69) is 10.6 Å². The zero-order valence-electron chi connectivity index (χ0n) is 9.91. The van der Waals surface area contributed by atoms with Gasteiger partial charge in [0.1, 0.15) is 6.04 Å². The largest absolute Gasteiger partial charge is 0.343 e. The van der Waals surface area contributed by atoms with Gasteiger partial charge in [-0.25, -0.2) is 0 Å². The molecule has 1 aliphatic heterocycles. The molecule has 1 aromatic rings. The van der Waals surface area contributed by atoms with Crippen molar-refractivity contribution in [2.45, 2.75) is 12.5 Å². The molecular weight excluding hydrogens is 307 g/mol. The monoisotopic (exact) mass is 318 g/mol. The van der Waals surface area contributed by atoms with Crippen molar-refractivity contribution >= 4 is 52.5 Å². The highest BCUT2D eigenvalue weighted by Crippen LogP contribution is 2.22. The smallest absolute Gasteiger partial charge is 0.247 e. The first-order valence-corrected chi connectivity index (χ1v) is 7.60. The zero-order valence-corrected chi connectivity index (χ0v) is 12.2. The van der Waals surface area contributed by atoms with Crippen molar-refractivity contribution < 1.29 is 9.59 Å². The Morgan fingerprint density at radius 2 is 2.00 bits per heavy atom. The Labute approximate surface area is 125 Å². The number of halogens is 2. The third kappa shape index (κ3) is 4.30. The van der Waals surface area contributed by atoms with Crippen LogP contribution in [-0.4, -0.2) is 29.4 Å². The van der Waals surface area contributed by atoms with Gasteiger partial charge >= 0.3 is 0 Å². The van der Waals surface area contributed by atoms with Crippen molar-refractivity contribution in [3.63, 3.8) is 0 Å². The lowest BCUT2D eigenvalue weighted by Gasteiger charge is -2.15. The number of benzene rings is 1. The van der Waals surface area contributed by atoms with Crippen LogP contribution in [0.1, 0.15) is 6.42 Å². The summed E-state index contributed by atoms with van der Waals surface area (Å²) in [5.74, 6) is 0.931. The molecule has 1 heterocycles. The second-order valence-electron chi connectivity index (χ2n) is 4.09. The molecular formula is C12H12Cl2N2O2S. The molecule has 0 aliphatic carbocycles. The molecule has 0 unspecified atom stereocenters. The van der Waals surface area contributed by atoms with E-state index < -0.39 is 6.04 Å². The Balaban J connectivity index is 2.05. The van der Waals surface area contributed by atoms with Crippen LogP contribution in [0.25, 0.3) is 0 Å². The summed E-state index contributed by atoms with van der Waals surface area (Å²) >= 11 is 13.3. The molecule has 19 heavy (non-hydrogen) atoms. The number of amides is 2. The maximum atomic E-state index is 12.1. The van der Waals surface area contributed by atoms with Gasteiger partial charge in [0.15, 0.2) is 0 Å². The minimum atomic E-state index is -0.530. The van der Waals surface area contributed by atoms with E-state index in [-0.39, 0.29) is 11.8 Å². The lowest BCUT2D eigenvalue weighted by atomic mass is 10.2. The molecule has 1 aromatic carbocycles. The van der Waals surface area contributed by atoms with Crippen LogP contribution >= 0.6 is 35.0 Å². The van der Waals surface area contributed by atoms with Gasteiger partial charge in [0, 0.05) is 33.7 Å². The predicted molar refractivity (Wildman–Crippen MR) is 79.0 cm³/mol. The second kappa shape index (κ2) is 6.50. The SMILES string of the molecule is O=C1CCSC[C@@H](C(=O)Nc2cc(Cl)cc(Cl)c2)N1. The van der Waals surface area contributed by atoms with Gasteiger partial charge in [-0.3, -0.25) is 9.59 Å². The molecule has 1 atom stereocenters. The molecule has 2 rings (SSSR count). The molecule has 4 nitrogen and oxygen atoms in total. The molecule has 0 saturated carbocycles. The normalized spacial score (nSPS) is 19.5. The summed E-state index contributed by atoms with van der Waals surface area (Å²) < 4.78 is 0. The Kier molecular flexibility index (Phi) is 4.96. The number of carbonyl (C=O) groups excluding carboxylic acids is 2. The van der Waals surface area contributed by atoms with Crippen LogP contribution in [0.3, 0.4) is 0 Å². The maximum absolute atomic E-state index is 12.1. The van der Waals surface area contributed by atoms with E-state index in [1.54, 1.807) is 30.0 Å². The van der Waals surface area contributed by atoms with Gasteiger partial charge in [-0.2, -0.15) is 11.8 Å². The lowest BCUT2D eigenvalue weighted by molar-refractivity contribution is -0.125. The standard InChI is InChI=1S/C12H12Cl2N2O2S/c13-7-3-8(14)5-9(4-7)15-12(18)10-6-19-2-1-11(17)16-10/h3-5,10H,1-2,6H2,(H,15,18)(H,16,17)/t10-/m0/s1. The number of hydrogen-bond acceptors (Lipinski definition) is 3. The van der Waals surface area contributed by atoms with Crippen molar-refractivity contribution in [1.82, 2.24) is 5.32 Å². The molecule has 7 heteroatoms. The minimum absolute atomic E-state index is 0.103. The van der Waals surface area contributed by atoms with Gasteiger partial charge in [-0.15, -0.1) is 0 Å². The van der Waals surface area contributed by atoms with Crippen LogP contribution in [0.15, 0.2) is 18.2 Å². The topological polar surface area (TPSA) is 58.2 Å². The van der Waals surface area contributed by atoms with Crippen molar-refractivity contribution in [2.75, 3.05) is 16.8 Å². The molecule has 0 bridgehead atoms. The van der Waals surface area contributed by atoms with Crippen molar-refractivity contribution in [3.8, 4) is 0 Å². The van der Waals surface area contributed by atoms with Gasteiger partial charge in [0.25, 0.3) is 0 Å². The molecule has 1 saturated heterocycles. The quantitative estimate of drug-likeness (QED) is 0.881. The summed E-state index contributed by atoms with van der Waals surface area (Å²) in [6, 6.07) is 4.27. The number of nitrogens with one attached hydrogen (secondary N) is 2. The van der Waals surface area contributed by atoms with E-state index in [0.717, 1.165) is 5.75 Å². The van der Waals surface area contributed by atoms with Crippen molar-refractivity contribution in [3.05, 3.63) is 28.2 Å². The van der Waals surface area contributed by atoms with Gasteiger partial charge in [-0.05, 0) is 18.2 Å². The molecule has 2 amide bonds. The molecule has 1 fully saturated rings. The minimum Gasteiger partial charge on any atom is -0.343 e. The summed E-state index contributed by atoms with van der Waals surface area (Å²) in [7, 11) is 0. The van der Waals surface area contributed by atoms with Crippen molar-refractivity contribution in [1.29, 1.82) is 0 Å². The summed E-state index contributed by atoms with van der Waals surface area (Å²) in [5, 5.41) is 6.29. The first kappa shape index (κ1) is 14.5. The zero-order chi connectivity index (χ0) is 13.8. The van der Waals surface area contributed by atoms with Crippen LogP contribution < -0.4 is 10.6 Å². The van der Waals surface area contributed by atoms with Crippen LogP contribution in [0.5, 0.6) is 0 Å². The maximum Gasteiger partial charge on any atom is 0.247 e. The summed E-state index contributed by atoms with van der Waals surface area (Å²) in [5.41, 5.74) is 0.519. The fourth-order valence-electron chi connectivity index (χ4n) is 1.67. The summed E-state index contributed by atoms with van der Waals surface area (Å²) in [6.45, 7) is 0. The molecule has 102 valence electrons. The van der Waals surface area contributed by atoms with E-state index in [1.165, 1.54) is 0 Å². The summed E-state index contributed by atoms with van der Waals surface area (Å²) in [6.07, 6.45) is 0.442. The highest BCUT2D eigenvalue weighted by molar-refractivity contribution is 7.99. The van der Waals surface area contributed by atoms with Gasteiger partial charge in [0.2, 0.25) is 11.8 Å². The molecule has 0 spiro atoms. The van der Waals surface area contributed by atoms with E-state index in [9.17, 15) is 9.59 Å². The van der Waals surface area contributed by atoms with Crippen LogP contribution in [-0.2, 0) is 9.59 Å². The van der Waals surface area contributed by atoms with Gasteiger partial charge in [0.05, 0.1) is 0 Å². The number of anilines is 1. The Bertz CT molecular complexity index is 490. The highest BCUT2D eigenvalue weighted by atomic mass is 35.5. The molecule has 2 N–H and O–H groups in total. The van der Waals surface area contributed by atoms with E-state index in [0.29, 0.717) is 27.9 Å². The first-order valence-electron chi connectivity index (χ1n) is 5.68. The number of rotatable bonds is 2. The second-order valence-corrected chi connectivity index (χ2v) is 6.12. The molecule has 0 aromatic heterocycles. The molecule has 1 aliphatic rings. The lowest BCUT2D eigenvalue weighted by Crippen LogP contribution is -2.44. The fourth-order valence-corrected chi connectivity index (χ4v) is 3.16. The Hall–Kier alpha value is -0.910. The third-order valence-electron chi connectivity index (χ3n) is 2.54. The number of thioether (sulfide) groups is 1. The van der Waals surface area contributed by atoms with E-state index >= 15 is 0 Å². The molecule has 0 radical (unpaired) electrons. The number of hydrogen-bond donors (Lipinski definition) is 2. The fraction of sp³-hybridized carbons (Fsp3) is 0.333. The Morgan fingerprint density at radius 3 is 2.68 bits per heavy atom. The van der Waals surface area contributed by atoms with Gasteiger partial charge in [-0.1, -0.05) is 23.2 Å². The van der Waals surface area contributed by atoms with Crippen LogP contribution in [0.4, 0.5) is 5.69 Å². The van der Waals surface area contributed by atoms with Crippen LogP contribution in [0.2, 0.25) is 10.0 Å². The predicted octanol–water partition coefficient (Wildman–Crippen LogP) is 2.55. The van der Waals surface area contributed by atoms with Crippen LogP contribution in [0, 0.1) is 0 Å². The van der Waals surface area contributed by atoms with E-state index in [4.69, 9.17) is 23.2 Å². The average molecular weight is 319 g/mol. The average Bonchev–Trinajstić information content (AvgIpc) is 2.52. The van der Waals surface area contributed by atoms with E-state index in [1.807, 2.05) is 0 Å². The van der Waals surface area contributed by atoms with Gasteiger partial charge < -0.3 is 10.6 Å². The first-order chi connectivity index (χ1) is 9.04. The summed E-state index contributed by atoms with van der Waals surface area (Å²) in [4.78, 5) is 23.5.